The average molecular weight is 463 g/mol. The molecule has 180 valence electrons. The number of aromatic nitrogens is 2. The lowest BCUT2D eigenvalue weighted by Gasteiger charge is -2.30. The number of hydrogen-bond acceptors (Lipinski definition) is 4. The largest absolute Gasteiger partial charge is 0.467 e. The molecule has 7 heteroatoms. The summed E-state index contributed by atoms with van der Waals surface area (Å²) in [4.78, 5) is 27.8. The second-order valence-corrected chi connectivity index (χ2v) is 10.3. The summed E-state index contributed by atoms with van der Waals surface area (Å²) in [5, 5.41) is 7.85. The SMILES string of the molecule is Cc1ccc(-n2nc(C(C)(C)C)cc2NC(=O)CN(Cc2ccco2)C(=O)C2CCC2)c(C)c1. The molecule has 2 heterocycles. The van der Waals surface area contributed by atoms with Crippen LogP contribution in [0, 0.1) is 19.8 Å². The van der Waals surface area contributed by atoms with Crippen molar-refractivity contribution in [2.45, 2.75) is 65.8 Å². The summed E-state index contributed by atoms with van der Waals surface area (Å²) in [6.07, 6.45) is 4.40. The summed E-state index contributed by atoms with van der Waals surface area (Å²) < 4.78 is 7.24. The van der Waals surface area contributed by atoms with Crippen molar-refractivity contribution in [3.63, 3.8) is 0 Å². The Morgan fingerprint density at radius 3 is 2.53 bits per heavy atom. The Balaban J connectivity index is 1.59. The molecule has 2 aromatic heterocycles. The topological polar surface area (TPSA) is 80.4 Å². The van der Waals surface area contributed by atoms with Gasteiger partial charge in [0.05, 0.1) is 24.2 Å². The minimum atomic E-state index is -0.259. The molecule has 3 aromatic rings. The summed E-state index contributed by atoms with van der Waals surface area (Å²) in [6, 6.07) is 11.7. The summed E-state index contributed by atoms with van der Waals surface area (Å²) >= 11 is 0. The fraction of sp³-hybridized carbons (Fsp3) is 0.444. The van der Waals surface area contributed by atoms with Crippen LogP contribution in [-0.4, -0.2) is 33.0 Å². The van der Waals surface area contributed by atoms with E-state index in [1.54, 1.807) is 21.9 Å². The molecular weight excluding hydrogens is 428 g/mol. The van der Waals surface area contributed by atoms with Crippen LogP contribution in [0.4, 0.5) is 5.82 Å². The number of anilines is 1. The number of benzene rings is 1. The highest BCUT2D eigenvalue weighted by Gasteiger charge is 2.31. The van der Waals surface area contributed by atoms with Crippen LogP contribution in [0.25, 0.3) is 5.69 Å². The van der Waals surface area contributed by atoms with Gasteiger partial charge in [-0.1, -0.05) is 44.9 Å². The first kappa shape index (κ1) is 23.8. The highest BCUT2D eigenvalue weighted by Crippen LogP contribution is 2.30. The minimum absolute atomic E-state index is 0.00371. The zero-order chi connectivity index (χ0) is 24.5. The molecule has 34 heavy (non-hydrogen) atoms. The molecule has 1 saturated carbocycles. The smallest absolute Gasteiger partial charge is 0.245 e. The fourth-order valence-electron chi connectivity index (χ4n) is 4.13. The van der Waals surface area contributed by atoms with Crippen molar-refractivity contribution < 1.29 is 14.0 Å². The van der Waals surface area contributed by atoms with Crippen molar-refractivity contribution in [3.05, 3.63) is 65.2 Å². The van der Waals surface area contributed by atoms with Gasteiger partial charge in [-0.15, -0.1) is 0 Å². The van der Waals surface area contributed by atoms with Crippen molar-refractivity contribution >= 4 is 17.6 Å². The van der Waals surface area contributed by atoms with Gasteiger partial charge in [0.15, 0.2) is 0 Å². The van der Waals surface area contributed by atoms with E-state index in [-0.39, 0.29) is 36.2 Å². The molecule has 4 rings (SSSR count). The first-order chi connectivity index (χ1) is 16.1. The van der Waals surface area contributed by atoms with Crippen LogP contribution in [0.15, 0.2) is 47.1 Å². The van der Waals surface area contributed by atoms with Gasteiger partial charge in [0, 0.05) is 17.4 Å². The van der Waals surface area contributed by atoms with Crippen molar-refractivity contribution in [3.8, 4) is 5.69 Å². The lowest BCUT2D eigenvalue weighted by atomic mass is 9.84. The summed E-state index contributed by atoms with van der Waals surface area (Å²) in [6.45, 7) is 10.6. The van der Waals surface area contributed by atoms with E-state index in [0.29, 0.717) is 11.6 Å². The van der Waals surface area contributed by atoms with E-state index in [1.165, 1.54) is 0 Å². The molecule has 0 spiro atoms. The highest BCUT2D eigenvalue weighted by atomic mass is 16.3. The molecule has 0 unspecified atom stereocenters. The van der Waals surface area contributed by atoms with Gasteiger partial charge in [0.25, 0.3) is 0 Å². The number of rotatable bonds is 7. The summed E-state index contributed by atoms with van der Waals surface area (Å²) in [5.74, 6) is 1.00. The van der Waals surface area contributed by atoms with Crippen LogP contribution in [0.2, 0.25) is 0 Å². The number of amides is 2. The Hall–Kier alpha value is -3.35. The second-order valence-electron chi connectivity index (χ2n) is 10.3. The maximum absolute atomic E-state index is 13.2. The predicted octanol–water partition coefficient (Wildman–Crippen LogP) is 5.15. The number of hydrogen-bond donors (Lipinski definition) is 1. The molecule has 1 aromatic carbocycles. The monoisotopic (exact) mass is 462 g/mol. The molecule has 1 aliphatic rings. The van der Waals surface area contributed by atoms with E-state index in [0.717, 1.165) is 41.8 Å². The van der Waals surface area contributed by atoms with E-state index in [9.17, 15) is 9.59 Å². The van der Waals surface area contributed by atoms with E-state index in [2.05, 4.69) is 39.1 Å². The van der Waals surface area contributed by atoms with Crippen LogP contribution in [0.5, 0.6) is 0 Å². The van der Waals surface area contributed by atoms with Crippen molar-refractivity contribution in [1.82, 2.24) is 14.7 Å². The van der Waals surface area contributed by atoms with E-state index < -0.39 is 0 Å². The molecule has 1 N–H and O–H groups in total. The quantitative estimate of drug-likeness (QED) is 0.527. The van der Waals surface area contributed by atoms with E-state index in [1.807, 2.05) is 31.2 Å². The van der Waals surface area contributed by atoms with Crippen molar-refractivity contribution in [1.29, 1.82) is 0 Å². The van der Waals surface area contributed by atoms with Gasteiger partial charge in [-0.05, 0) is 50.5 Å². The van der Waals surface area contributed by atoms with Crippen molar-refractivity contribution in [2.24, 2.45) is 5.92 Å². The van der Waals surface area contributed by atoms with E-state index >= 15 is 0 Å². The van der Waals surface area contributed by atoms with Gasteiger partial charge in [0.1, 0.15) is 18.1 Å². The zero-order valence-electron chi connectivity index (χ0n) is 20.7. The maximum Gasteiger partial charge on any atom is 0.245 e. The lowest BCUT2D eigenvalue weighted by Crippen LogP contribution is -2.42. The maximum atomic E-state index is 13.2. The van der Waals surface area contributed by atoms with Crippen LogP contribution < -0.4 is 5.32 Å². The molecule has 0 atom stereocenters. The number of nitrogens with zero attached hydrogens (tertiary/aromatic N) is 3. The Bertz CT molecular complexity index is 1170. The Morgan fingerprint density at radius 1 is 1.18 bits per heavy atom. The number of aryl methyl sites for hydroxylation is 2. The molecule has 2 amide bonds. The summed E-state index contributed by atoms with van der Waals surface area (Å²) in [5.41, 5.74) is 3.83. The number of furan rings is 1. The van der Waals surface area contributed by atoms with Crippen LogP contribution >= 0.6 is 0 Å². The lowest BCUT2D eigenvalue weighted by molar-refractivity contribution is -0.141. The van der Waals surface area contributed by atoms with Crippen LogP contribution in [-0.2, 0) is 21.5 Å². The zero-order valence-corrected chi connectivity index (χ0v) is 20.7. The average Bonchev–Trinajstić information content (AvgIpc) is 3.36. The van der Waals surface area contributed by atoms with Gasteiger partial charge < -0.3 is 14.6 Å². The van der Waals surface area contributed by atoms with Crippen molar-refractivity contribution in [2.75, 3.05) is 11.9 Å². The molecule has 1 fully saturated rings. The second kappa shape index (κ2) is 9.49. The third kappa shape index (κ3) is 5.24. The standard InChI is InChI=1S/C27H34N4O3/c1-18-11-12-22(19(2)14-18)31-24(15-23(29-31)27(3,4)5)28-25(32)17-30(16-21-10-7-13-34-21)26(33)20-8-6-9-20/h7,10-15,20H,6,8-9,16-17H2,1-5H3,(H,28,32). The van der Waals surface area contributed by atoms with Crippen LogP contribution in [0.1, 0.15) is 62.6 Å². The molecule has 0 radical (unpaired) electrons. The molecule has 0 aliphatic heterocycles. The first-order valence-electron chi connectivity index (χ1n) is 11.9. The number of nitrogens with one attached hydrogen (secondary N) is 1. The van der Waals surface area contributed by atoms with Crippen LogP contribution in [0.3, 0.4) is 0 Å². The van der Waals surface area contributed by atoms with Gasteiger partial charge >= 0.3 is 0 Å². The van der Waals surface area contributed by atoms with Gasteiger partial charge in [0.2, 0.25) is 11.8 Å². The third-order valence-electron chi connectivity index (χ3n) is 6.35. The molecule has 0 bridgehead atoms. The third-order valence-corrected chi connectivity index (χ3v) is 6.35. The first-order valence-corrected chi connectivity index (χ1v) is 11.9. The number of carbonyl (C=O) groups excluding carboxylic acids is 2. The highest BCUT2D eigenvalue weighted by molar-refractivity contribution is 5.94. The van der Waals surface area contributed by atoms with Gasteiger partial charge in [-0.2, -0.15) is 5.10 Å². The normalized spacial score (nSPS) is 14.0. The van der Waals surface area contributed by atoms with Gasteiger partial charge in [-0.25, -0.2) is 4.68 Å². The van der Waals surface area contributed by atoms with Gasteiger partial charge in [-0.3, -0.25) is 9.59 Å². The minimum Gasteiger partial charge on any atom is -0.467 e. The Labute approximate surface area is 201 Å². The predicted molar refractivity (Wildman–Crippen MR) is 132 cm³/mol. The number of carbonyl (C=O) groups is 2. The fourth-order valence-corrected chi connectivity index (χ4v) is 4.13. The summed E-state index contributed by atoms with van der Waals surface area (Å²) in [7, 11) is 0. The molecule has 7 nitrogen and oxygen atoms in total. The molecule has 1 aliphatic carbocycles. The molecule has 0 saturated heterocycles. The van der Waals surface area contributed by atoms with E-state index in [4.69, 9.17) is 9.52 Å². The Kier molecular flexibility index (Phi) is 6.64. The molecular formula is C27H34N4O3. The Morgan fingerprint density at radius 2 is 1.94 bits per heavy atom.